The van der Waals surface area contributed by atoms with Gasteiger partial charge in [0.25, 0.3) is 5.91 Å². The highest BCUT2D eigenvalue weighted by molar-refractivity contribution is 5.98. The van der Waals surface area contributed by atoms with Crippen LogP contribution in [0.25, 0.3) is 0 Å². The summed E-state index contributed by atoms with van der Waals surface area (Å²) in [6.07, 6.45) is 1.28. The molecule has 1 aliphatic rings. The molecule has 0 unspecified atom stereocenters. The van der Waals surface area contributed by atoms with Crippen molar-refractivity contribution in [2.24, 2.45) is 0 Å². The number of hydrogen-bond acceptors (Lipinski definition) is 3. The fourth-order valence-corrected chi connectivity index (χ4v) is 3.25. The first-order chi connectivity index (χ1) is 12.5. The van der Waals surface area contributed by atoms with Crippen molar-refractivity contribution in [3.63, 3.8) is 0 Å². The lowest BCUT2D eigenvalue weighted by Crippen LogP contribution is -2.27. The van der Waals surface area contributed by atoms with E-state index >= 15 is 0 Å². The molecule has 136 valence electrons. The third kappa shape index (κ3) is 3.57. The number of amides is 2. The molecule has 3 rings (SSSR count). The lowest BCUT2D eigenvalue weighted by Gasteiger charge is -2.16. The Morgan fingerprint density at radius 1 is 1.19 bits per heavy atom. The van der Waals surface area contributed by atoms with Crippen LogP contribution in [0.5, 0.6) is 5.75 Å². The van der Waals surface area contributed by atoms with Gasteiger partial charge in [-0.05, 0) is 54.3 Å². The van der Waals surface area contributed by atoms with Crippen LogP contribution < -0.4 is 15.0 Å². The van der Waals surface area contributed by atoms with Crippen LogP contribution in [0.1, 0.15) is 40.4 Å². The molecule has 0 spiro atoms. The predicted octanol–water partition coefficient (Wildman–Crippen LogP) is 3.23. The van der Waals surface area contributed by atoms with E-state index in [0.717, 1.165) is 34.5 Å². The molecule has 0 aliphatic carbocycles. The van der Waals surface area contributed by atoms with Gasteiger partial charge in [0, 0.05) is 30.8 Å². The highest BCUT2D eigenvalue weighted by Gasteiger charge is 2.24. The maximum Gasteiger partial charge on any atom is 0.251 e. The van der Waals surface area contributed by atoms with E-state index in [1.165, 1.54) is 0 Å². The van der Waals surface area contributed by atoms with Crippen molar-refractivity contribution in [3.05, 3.63) is 58.7 Å². The molecule has 0 fully saturated rings. The Balaban J connectivity index is 1.69. The van der Waals surface area contributed by atoms with Crippen molar-refractivity contribution < 1.29 is 14.3 Å². The van der Waals surface area contributed by atoms with Crippen LogP contribution in [-0.2, 0) is 17.8 Å². The average Bonchev–Trinajstić information content (AvgIpc) is 3.09. The summed E-state index contributed by atoms with van der Waals surface area (Å²) in [5, 5.41) is 2.95. The average molecular weight is 352 g/mol. The van der Waals surface area contributed by atoms with Gasteiger partial charge in [0.15, 0.2) is 0 Å². The fourth-order valence-electron chi connectivity index (χ4n) is 3.25. The summed E-state index contributed by atoms with van der Waals surface area (Å²) < 4.78 is 5.32. The van der Waals surface area contributed by atoms with Gasteiger partial charge in [-0.25, -0.2) is 0 Å². The molecule has 2 amide bonds. The van der Waals surface area contributed by atoms with Gasteiger partial charge < -0.3 is 15.0 Å². The minimum atomic E-state index is -0.118. The number of nitrogens with one attached hydrogen (secondary N) is 1. The Hall–Kier alpha value is -2.82. The second-order valence-electron chi connectivity index (χ2n) is 6.48. The molecule has 1 aliphatic heterocycles. The maximum atomic E-state index is 12.5. The number of anilines is 1. The summed E-state index contributed by atoms with van der Waals surface area (Å²) in [5.74, 6) is 0.817. The fraction of sp³-hybridized carbons (Fsp3) is 0.333. The maximum absolute atomic E-state index is 12.5. The van der Waals surface area contributed by atoms with Gasteiger partial charge in [-0.2, -0.15) is 0 Å². The summed E-state index contributed by atoms with van der Waals surface area (Å²) in [4.78, 5) is 26.3. The number of nitrogens with zero attached hydrogens (tertiary/aromatic N) is 1. The molecule has 5 heteroatoms. The number of carbonyl (C=O) groups is 2. The van der Waals surface area contributed by atoms with Crippen LogP contribution in [0.3, 0.4) is 0 Å². The molecule has 1 N–H and O–H groups in total. The molecule has 0 radical (unpaired) electrons. The Labute approximate surface area is 154 Å². The zero-order valence-electron chi connectivity index (χ0n) is 15.5. The first-order valence-corrected chi connectivity index (χ1v) is 8.88. The van der Waals surface area contributed by atoms with Gasteiger partial charge in [0.1, 0.15) is 5.75 Å². The van der Waals surface area contributed by atoms with E-state index < -0.39 is 0 Å². The van der Waals surface area contributed by atoms with Crippen molar-refractivity contribution in [2.45, 2.75) is 33.2 Å². The van der Waals surface area contributed by atoms with E-state index in [1.807, 2.05) is 44.2 Å². The van der Waals surface area contributed by atoms with Crippen molar-refractivity contribution >= 4 is 17.5 Å². The largest absolute Gasteiger partial charge is 0.496 e. The molecule has 0 saturated carbocycles. The predicted molar refractivity (Wildman–Crippen MR) is 102 cm³/mol. The van der Waals surface area contributed by atoms with Crippen LogP contribution >= 0.6 is 0 Å². The second-order valence-corrected chi connectivity index (χ2v) is 6.48. The lowest BCUT2D eigenvalue weighted by molar-refractivity contribution is -0.118. The number of ether oxygens (including phenoxy) is 1. The smallest absolute Gasteiger partial charge is 0.251 e. The van der Waals surface area contributed by atoms with Gasteiger partial charge in [0.2, 0.25) is 5.91 Å². The van der Waals surface area contributed by atoms with Crippen molar-refractivity contribution in [2.75, 3.05) is 18.6 Å². The van der Waals surface area contributed by atoms with E-state index in [4.69, 9.17) is 4.74 Å². The van der Waals surface area contributed by atoms with Crippen LogP contribution in [0.2, 0.25) is 0 Å². The minimum absolute atomic E-state index is 0.118. The monoisotopic (exact) mass is 352 g/mol. The minimum Gasteiger partial charge on any atom is -0.496 e. The third-order valence-electron chi connectivity index (χ3n) is 4.77. The number of fused-ring (bicyclic) bond motifs is 1. The Bertz CT molecular complexity index is 845. The SMILES string of the molecule is CCC(=O)N1CCc2cc(C(=O)NCc3ccc(C)c(OC)c3)ccc21. The standard InChI is InChI=1S/C21H24N2O3/c1-4-20(24)23-10-9-16-12-17(7-8-18(16)23)21(25)22-13-15-6-5-14(2)19(11-15)26-3/h5-8,11-12H,4,9-10,13H2,1-3H3,(H,22,25). The first-order valence-electron chi connectivity index (χ1n) is 8.88. The Kier molecular flexibility index (Phi) is 5.26. The van der Waals surface area contributed by atoms with Gasteiger partial charge in [0.05, 0.1) is 7.11 Å². The van der Waals surface area contributed by atoms with E-state index in [1.54, 1.807) is 18.1 Å². The van der Waals surface area contributed by atoms with Crippen molar-refractivity contribution in [1.82, 2.24) is 5.32 Å². The zero-order valence-corrected chi connectivity index (χ0v) is 15.5. The van der Waals surface area contributed by atoms with Gasteiger partial charge in [-0.1, -0.05) is 19.1 Å². The van der Waals surface area contributed by atoms with Crippen LogP contribution in [-0.4, -0.2) is 25.5 Å². The summed E-state index contributed by atoms with van der Waals surface area (Å²) >= 11 is 0. The number of methoxy groups -OCH3 is 1. The number of hydrogen-bond donors (Lipinski definition) is 1. The topological polar surface area (TPSA) is 58.6 Å². The molecule has 0 saturated heterocycles. The summed E-state index contributed by atoms with van der Waals surface area (Å²) in [7, 11) is 1.64. The number of carbonyl (C=O) groups excluding carboxylic acids is 2. The molecule has 0 atom stereocenters. The van der Waals surface area contributed by atoms with E-state index in [-0.39, 0.29) is 11.8 Å². The molecule has 1 heterocycles. The molecule has 2 aromatic rings. The van der Waals surface area contributed by atoms with Crippen molar-refractivity contribution in [3.8, 4) is 5.75 Å². The Morgan fingerprint density at radius 3 is 2.73 bits per heavy atom. The van der Waals surface area contributed by atoms with E-state index in [2.05, 4.69) is 5.32 Å². The summed E-state index contributed by atoms with van der Waals surface area (Å²) in [5.41, 5.74) is 4.65. The molecule has 0 aromatic heterocycles. The first kappa shape index (κ1) is 18.0. The second kappa shape index (κ2) is 7.60. The van der Waals surface area contributed by atoms with Crippen LogP contribution in [0.15, 0.2) is 36.4 Å². The summed E-state index contributed by atoms with van der Waals surface area (Å²) in [6.45, 7) is 4.98. The molecular weight excluding hydrogens is 328 g/mol. The number of aryl methyl sites for hydroxylation is 1. The molecule has 0 bridgehead atoms. The van der Waals surface area contributed by atoms with Gasteiger partial charge in [-0.3, -0.25) is 9.59 Å². The normalized spacial score (nSPS) is 12.7. The summed E-state index contributed by atoms with van der Waals surface area (Å²) in [6, 6.07) is 11.4. The molecular formula is C21H24N2O3. The van der Waals surface area contributed by atoms with Crippen LogP contribution in [0, 0.1) is 6.92 Å². The van der Waals surface area contributed by atoms with E-state index in [0.29, 0.717) is 25.1 Å². The van der Waals surface area contributed by atoms with Crippen molar-refractivity contribution in [1.29, 1.82) is 0 Å². The molecule has 26 heavy (non-hydrogen) atoms. The third-order valence-corrected chi connectivity index (χ3v) is 4.77. The lowest BCUT2D eigenvalue weighted by atomic mass is 10.1. The number of rotatable bonds is 5. The van der Waals surface area contributed by atoms with Gasteiger partial charge >= 0.3 is 0 Å². The zero-order chi connectivity index (χ0) is 18.7. The Morgan fingerprint density at radius 2 is 2.00 bits per heavy atom. The van der Waals surface area contributed by atoms with E-state index in [9.17, 15) is 9.59 Å². The van der Waals surface area contributed by atoms with Gasteiger partial charge in [-0.15, -0.1) is 0 Å². The van der Waals surface area contributed by atoms with Crippen LogP contribution in [0.4, 0.5) is 5.69 Å². The quantitative estimate of drug-likeness (QED) is 0.899. The highest BCUT2D eigenvalue weighted by atomic mass is 16.5. The molecule has 2 aromatic carbocycles. The molecule has 5 nitrogen and oxygen atoms in total. The number of benzene rings is 2. The highest BCUT2D eigenvalue weighted by Crippen LogP contribution is 2.29.